The van der Waals surface area contributed by atoms with Gasteiger partial charge in [0, 0.05) is 25.9 Å². The summed E-state index contributed by atoms with van der Waals surface area (Å²) in [7, 11) is 0. The van der Waals surface area contributed by atoms with Crippen LogP contribution in [0.15, 0.2) is 30.1 Å². The van der Waals surface area contributed by atoms with Crippen molar-refractivity contribution in [3.63, 3.8) is 0 Å². The third kappa shape index (κ3) is 6.37. The van der Waals surface area contributed by atoms with E-state index in [0.717, 1.165) is 43.8 Å². The van der Waals surface area contributed by atoms with Gasteiger partial charge in [0.2, 0.25) is 0 Å². The number of halogens is 3. The van der Waals surface area contributed by atoms with E-state index in [2.05, 4.69) is 4.90 Å². The molecule has 0 saturated carbocycles. The molecule has 26 heavy (non-hydrogen) atoms. The third-order valence-corrected chi connectivity index (χ3v) is 4.47. The largest absolute Gasteiger partial charge is 0.493 e. The van der Waals surface area contributed by atoms with Crippen LogP contribution < -0.4 is 4.74 Å². The van der Waals surface area contributed by atoms with Gasteiger partial charge in [-0.3, -0.25) is 4.79 Å². The summed E-state index contributed by atoms with van der Waals surface area (Å²) >= 11 is 0. The third-order valence-electron chi connectivity index (χ3n) is 4.47. The highest BCUT2D eigenvalue weighted by Gasteiger charge is 2.17. The molecule has 0 saturated heterocycles. The van der Waals surface area contributed by atoms with Gasteiger partial charge in [-0.1, -0.05) is 12.1 Å². The molecule has 144 valence electrons. The minimum absolute atomic E-state index is 0.169. The van der Waals surface area contributed by atoms with E-state index >= 15 is 0 Å². The number of nitrogens with zero attached hydrogens (tertiary/aromatic N) is 1. The molecule has 2 rings (SSSR count). The van der Waals surface area contributed by atoms with E-state index in [0.29, 0.717) is 6.42 Å². The Morgan fingerprint density at radius 1 is 1.12 bits per heavy atom. The Morgan fingerprint density at radius 3 is 2.62 bits per heavy atom. The van der Waals surface area contributed by atoms with Gasteiger partial charge in [-0.15, -0.1) is 0 Å². The zero-order valence-electron chi connectivity index (χ0n) is 14.6. The Hall–Kier alpha value is -2.02. The number of aliphatic carboxylic acids is 1. The summed E-state index contributed by atoms with van der Waals surface area (Å²) in [5, 5.41) is 8.74. The Morgan fingerprint density at radius 2 is 1.88 bits per heavy atom. The van der Waals surface area contributed by atoms with Crippen LogP contribution in [-0.4, -0.2) is 42.2 Å². The number of fused-ring (bicyclic) bond motifs is 1. The van der Waals surface area contributed by atoms with Crippen LogP contribution in [0.4, 0.5) is 13.2 Å². The second-order valence-electron chi connectivity index (χ2n) is 6.35. The number of hydrogen-bond acceptors (Lipinski definition) is 3. The first-order chi connectivity index (χ1) is 12.5. The Balaban J connectivity index is 1.88. The van der Waals surface area contributed by atoms with Crippen LogP contribution in [0, 0.1) is 0 Å². The first-order valence-corrected chi connectivity index (χ1v) is 8.84. The van der Waals surface area contributed by atoms with Crippen LogP contribution in [0.5, 0.6) is 5.75 Å². The van der Waals surface area contributed by atoms with E-state index in [1.54, 1.807) is 0 Å². The van der Waals surface area contributed by atoms with Gasteiger partial charge in [0.15, 0.2) is 5.83 Å². The Bertz CT molecular complexity index is 645. The first kappa shape index (κ1) is 20.3. The summed E-state index contributed by atoms with van der Waals surface area (Å²) in [6.45, 7) is 2.61. The zero-order chi connectivity index (χ0) is 18.9. The molecule has 0 spiro atoms. The fourth-order valence-corrected chi connectivity index (χ4v) is 3.11. The van der Waals surface area contributed by atoms with Gasteiger partial charge in [0.25, 0.3) is 0 Å². The number of carboxylic acid groups (broad SMARTS) is 1. The quantitative estimate of drug-likeness (QED) is 0.662. The lowest BCUT2D eigenvalue weighted by Crippen LogP contribution is -2.27. The molecule has 4 nitrogen and oxygen atoms in total. The highest BCUT2D eigenvalue weighted by atomic mass is 19.3. The van der Waals surface area contributed by atoms with Gasteiger partial charge in [-0.25, -0.2) is 4.39 Å². The van der Waals surface area contributed by atoms with Crippen LogP contribution in [0.1, 0.15) is 36.8 Å². The summed E-state index contributed by atoms with van der Waals surface area (Å²) < 4.78 is 42.6. The summed E-state index contributed by atoms with van der Waals surface area (Å²) in [5.41, 5.74) is 2.28. The summed E-state index contributed by atoms with van der Waals surface area (Å²) in [6, 6.07) is 5.79. The van der Waals surface area contributed by atoms with Crippen LogP contribution in [0.2, 0.25) is 0 Å². The minimum atomic E-state index is -2.26. The molecular weight excluding hydrogens is 347 g/mol. The molecule has 0 aromatic heterocycles. The number of carbonyl (C=O) groups is 1. The molecular formula is C19H24F3NO3. The Labute approximate surface area is 151 Å². The molecule has 0 unspecified atom stereocenters. The van der Waals surface area contributed by atoms with Crippen LogP contribution >= 0.6 is 0 Å². The highest BCUT2D eigenvalue weighted by molar-refractivity contribution is 5.66. The van der Waals surface area contributed by atoms with E-state index in [1.807, 2.05) is 18.2 Å². The lowest BCUT2D eigenvalue weighted by atomic mass is 10.0. The van der Waals surface area contributed by atoms with Gasteiger partial charge >= 0.3 is 12.0 Å². The molecule has 0 bridgehead atoms. The van der Waals surface area contributed by atoms with E-state index in [-0.39, 0.29) is 25.9 Å². The zero-order valence-corrected chi connectivity index (χ0v) is 14.6. The van der Waals surface area contributed by atoms with E-state index in [9.17, 15) is 18.0 Å². The SMILES string of the molecule is O=C(O)CCCN1CCc2cccc(OCCCC(F)=C(F)F)c2CC1. The van der Waals surface area contributed by atoms with Gasteiger partial charge in [0.05, 0.1) is 6.61 Å². The number of hydrogen-bond donors (Lipinski definition) is 1. The Kier molecular flexibility index (Phi) is 7.97. The normalized spacial score (nSPS) is 14.4. The average molecular weight is 371 g/mol. The summed E-state index contributed by atoms with van der Waals surface area (Å²) in [5.74, 6) is -1.43. The molecule has 7 heteroatoms. The summed E-state index contributed by atoms with van der Waals surface area (Å²) in [6.07, 6.45) is 0.0296. The molecule has 1 N–H and O–H groups in total. The van der Waals surface area contributed by atoms with Crippen molar-refractivity contribution in [2.24, 2.45) is 0 Å². The minimum Gasteiger partial charge on any atom is -0.493 e. The average Bonchev–Trinajstić information content (AvgIpc) is 2.81. The van der Waals surface area contributed by atoms with Gasteiger partial charge in [-0.2, -0.15) is 8.78 Å². The molecule has 1 aromatic rings. The number of carboxylic acids is 1. The van der Waals surface area contributed by atoms with Crippen LogP contribution in [-0.2, 0) is 17.6 Å². The topological polar surface area (TPSA) is 49.8 Å². The van der Waals surface area contributed by atoms with E-state index in [4.69, 9.17) is 9.84 Å². The molecule has 0 amide bonds. The van der Waals surface area contributed by atoms with Crippen LogP contribution in [0.25, 0.3) is 0 Å². The smallest absolute Gasteiger partial charge is 0.303 e. The molecule has 1 heterocycles. The molecule has 0 fully saturated rings. The summed E-state index contributed by atoms with van der Waals surface area (Å²) in [4.78, 5) is 12.9. The van der Waals surface area contributed by atoms with Gasteiger partial charge in [-0.05, 0) is 49.4 Å². The molecule has 1 aromatic carbocycles. The van der Waals surface area contributed by atoms with Crippen molar-refractivity contribution in [3.05, 3.63) is 41.2 Å². The fourth-order valence-electron chi connectivity index (χ4n) is 3.11. The first-order valence-electron chi connectivity index (χ1n) is 8.84. The fraction of sp³-hybridized carbons (Fsp3) is 0.526. The van der Waals surface area contributed by atoms with Crippen molar-refractivity contribution in [1.82, 2.24) is 4.90 Å². The molecule has 1 aliphatic rings. The van der Waals surface area contributed by atoms with Crippen molar-refractivity contribution in [2.45, 2.75) is 38.5 Å². The molecule has 0 aliphatic carbocycles. The molecule has 0 atom stereocenters. The highest BCUT2D eigenvalue weighted by Crippen LogP contribution is 2.27. The van der Waals surface area contributed by atoms with Crippen molar-refractivity contribution < 1.29 is 27.8 Å². The monoisotopic (exact) mass is 371 g/mol. The standard InChI is InChI=1S/C19H24F3NO3/c20-16(19(21)22)5-3-13-26-17-6-1-4-14-8-11-23(12-9-15(14)17)10-2-7-18(24)25/h1,4,6H,2-3,5,7-13H2,(H,24,25). The van der Waals surface area contributed by atoms with E-state index < -0.39 is 17.9 Å². The van der Waals surface area contributed by atoms with E-state index in [1.165, 1.54) is 5.56 Å². The molecule has 1 aliphatic heterocycles. The second kappa shape index (κ2) is 10.2. The predicted molar refractivity (Wildman–Crippen MR) is 92.2 cm³/mol. The van der Waals surface area contributed by atoms with Crippen LogP contribution in [0.3, 0.4) is 0 Å². The van der Waals surface area contributed by atoms with Gasteiger partial charge < -0.3 is 14.7 Å². The lowest BCUT2D eigenvalue weighted by Gasteiger charge is -2.19. The van der Waals surface area contributed by atoms with Crippen molar-refractivity contribution in [1.29, 1.82) is 0 Å². The van der Waals surface area contributed by atoms with Crippen molar-refractivity contribution >= 4 is 5.97 Å². The maximum atomic E-state index is 12.8. The predicted octanol–water partition coefficient (Wildman–Crippen LogP) is 4.19. The van der Waals surface area contributed by atoms with Crippen molar-refractivity contribution in [2.75, 3.05) is 26.2 Å². The maximum absolute atomic E-state index is 12.8. The second-order valence-corrected chi connectivity index (χ2v) is 6.35. The van der Waals surface area contributed by atoms with Gasteiger partial charge in [0.1, 0.15) is 5.75 Å². The lowest BCUT2D eigenvalue weighted by molar-refractivity contribution is -0.137. The maximum Gasteiger partial charge on any atom is 0.303 e. The number of benzene rings is 1. The number of ether oxygens (including phenoxy) is 1. The molecule has 0 radical (unpaired) electrons. The number of rotatable bonds is 9. The number of allylic oxidation sites excluding steroid dienone is 1. The van der Waals surface area contributed by atoms with Crippen molar-refractivity contribution in [3.8, 4) is 5.75 Å².